The molecule has 4 heteroatoms. The number of fused-ring (bicyclic) bond motifs is 1. The van der Waals surface area contributed by atoms with Crippen molar-refractivity contribution >= 4 is 0 Å². The lowest BCUT2D eigenvalue weighted by molar-refractivity contribution is 0.360. The van der Waals surface area contributed by atoms with Gasteiger partial charge in [-0.2, -0.15) is 0 Å². The zero-order chi connectivity index (χ0) is 11.7. The Morgan fingerprint density at radius 3 is 3.06 bits per heavy atom. The highest BCUT2D eigenvalue weighted by molar-refractivity contribution is 5.04. The van der Waals surface area contributed by atoms with Gasteiger partial charge >= 0.3 is 0 Å². The number of nitrogens with zero attached hydrogens (tertiary/aromatic N) is 3. The van der Waals surface area contributed by atoms with E-state index in [0.29, 0.717) is 5.92 Å². The molecule has 3 heterocycles. The second-order valence-electron chi connectivity index (χ2n) is 5.59. The molecule has 1 saturated heterocycles. The maximum absolute atomic E-state index is 4.43. The van der Waals surface area contributed by atoms with Crippen LogP contribution >= 0.6 is 0 Å². The summed E-state index contributed by atoms with van der Waals surface area (Å²) in [7, 11) is 0. The van der Waals surface area contributed by atoms with Gasteiger partial charge in [-0.25, -0.2) is 0 Å². The lowest BCUT2D eigenvalue weighted by atomic mass is 9.95. The van der Waals surface area contributed by atoms with Gasteiger partial charge in [0.05, 0.1) is 0 Å². The van der Waals surface area contributed by atoms with E-state index < -0.39 is 0 Å². The Morgan fingerprint density at radius 2 is 2.24 bits per heavy atom. The molecular formula is C13H22N4. The van der Waals surface area contributed by atoms with Crippen LogP contribution in [0.2, 0.25) is 0 Å². The highest BCUT2D eigenvalue weighted by Crippen LogP contribution is 2.27. The standard InChI is InChI=1S/C13H22N4/c1-10-4-3-7-17-12(15-16-13(10)17)8-11-5-2-6-14-9-11/h10-11,14H,2-9H2,1H3. The average molecular weight is 234 g/mol. The lowest BCUT2D eigenvalue weighted by Gasteiger charge is -2.24. The third kappa shape index (κ3) is 2.23. The monoisotopic (exact) mass is 234 g/mol. The molecule has 0 saturated carbocycles. The van der Waals surface area contributed by atoms with Crippen LogP contribution in [0.4, 0.5) is 0 Å². The summed E-state index contributed by atoms with van der Waals surface area (Å²) < 4.78 is 2.38. The Kier molecular flexibility index (Phi) is 3.14. The van der Waals surface area contributed by atoms with Crippen molar-refractivity contribution in [3.05, 3.63) is 11.6 Å². The summed E-state index contributed by atoms with van der Waals surface area (Å²) in [6.07, 6.45) is 6.30. The fraction of sp³-hybridized carbons (Fsp3) is 0.846. The first-order valence-electron chi connectivity index (χ1n) is 6.97. The fourth-order valence-electron chi connectivity index (χ4n) is 3.15. The highest BCUT2D eigenvalue weighted by atomic mass is 15.3. The molecule has 2 aliphatic heterocycles. The Hall–Kier alpha value is -0.900. The predicted molar refractivity (Wildman–Crippen MR) is 67.0 cm³/mol. The highest BCUT2D eigenvalue weighted by Gasteiger charge is 2.23. The zero-order valence-corrected chi connectivity index (χ0v) is 10.7. The fourth-order valence-corrected chi connectivity index (χ4v) is 3.15. The predicted octanol–water partition coefficient (Wildman–Crippen LogP) is 1.72. The van der Waals surface area contributed by atoms with Gasteiger partial charge in [0.2, 0.25) is 0 Å². The molecule has 0 aliphatic carbocycles. The molecule has 1 fully saturated rings. The number of hydrogen-bond donors (Lipinski definition) is 1. The minimum Gasteiger partial charge on any atom is -0.316 e. The van der Waals surface area contributed by atoms with Gasteiger partial charge in [-0.1, -0.05) is 6.92 Å². The van der Waals surface area contributed by atoms with Crippen molar-refractivity contribution in [2.75, 3.05) is 13.1 Å². The van der Waals surface area contributed by atoms with Gasteiger partial charge in [0, 0.05) is 18.9 Å². The number of piperidine rings is 1. The normalized spacial score (nSPS) is 29.0. The Labute approximate surface area is 103 Å². The van der Waals surface area contributed by atoms with E-state index in [2.05, 4.69) is 27.0 Å². The molecular weight excluding hydrogens is 212 g/mol. The third-order valence-corrected chi connectivity index (χ3v) is 4.19. The Balaban J connectivity index is 1.74. The van der Waals surface area contributed by atoms with Gasteiger partial charge in [-0.3, -0.25) is 0 Å². The van der Waals surface area contributed by atoms with E-state index in [1.165, 1.54) is 43.9 Å². The molecule has 1 aromatic rings. The summed E-state index contributed by atoms with van der Waals surface area (Å²) >= 11 is 0. The Bertz CT molecular complexity index is 379. The molecule has 17 heavy (non-hydrogen) atoms. The molecule has 0 radical (unpaired) electrons. The summed E-state index contributed by atoms with van der Waals surface area (Å²) in [4.78, 5) is 0. The van der Waals surface area contributed by atoms with E-state index in [4.69, 9.17) is 0 Å². The van der Waals surface area contributed by atoms with Crippen LogP contribution in [0.1, 0.15) is 50.2 Å². The number of aromatic nitrogens is 3. The molecule has 2 unspecified atom stereocenters. The second-order valence-corrected chi connectivity index (χ2v) is 5.59. The van der Waals surface area contributed by atoms with Crippen LogP contribution in [0, 0.1) is 5.92 Å². The van der Waals surface area contributed by atoms with Crippen molar-refractivity contribution in [1.29, 1.82) is 0 Å². The van der Waals surface area contributed by atoms with E-state index in [9.17, 15) is 0 Å². The molecule has 0 aromatic carbocycles. The van der Waals surface area contributed by atoms with Gasteiger partial charge < -0.3 is 9.88 Å². The van der Waals surface area contributed by atoms with Gasteiger partial charge in [-0.05, 0) is 44.7 Å². The minimum absolute atomic E-state index is 0.592. The van der Waals surface area contributed by atoms with Crippen LogP contribution in [0.3, 0.4) is 0 Å². The summed E-state index contributed by atoms with van der Waals surface area (Å²) in [6, 6.07) is 0. The SMILES string of the molecule is CC1CCCn2c(CC3CCCNC3)nnc21. The molecule has 1 aromatic heterocycles. The molecule has 94 valence electrons. The number of hydrogen-bond acceptors (Lipinski definition) is 3. The quantitative estimate of drug-likeness (QED) is 0.847. The van der Waals surface area contributed by atoms with Gasteiger partial charge in [-0.15, -0.1) is 10.2 Å². The van der Waals surface area contributed by atoms with Crippen LogP contribution in [-0.2, 0) is 13.0 Å². The largest absolute Gasteiger partial charge is 0.316 e. The van der Waals surface area contributed by atoms with Crippen molar-refractivity contribution in [1.82, 2.24) is 20.1 Å². The minimum atomic E-state index is 0.592. The summed E-state index contributed by atoms with van der Waals surface area (Å²) in [5, 5.41) is 12.3. The molecule has 0 bridgehead atoms. The molecule has 2 aliphatic rings. The van der Waals surface area contributed by atoms with Crippen LogP contribution < -0.4 is 5.32 Å². The first-order valence-corrected chi connectivity index (χ1v) is 6.97. The smallest absolute Gasteiger partial charge is 0.135 e. The maximum atomic E-state index is 4.43. The van der Waals surface area contributed by atoms with Crippen molar-refractivity contribution in [3.63, 3.8) is 0 Å². The maximum Gasteiger partial charge on any atom is 0.135 e. The lowest BCUT2D eigenvalue weighted by Crippen LogP contribution is -2.31. The topological polar surface area (TPSA) is 42.7 Å². The zero-order valence-electron chi connectivity index (χ0n) is 10.7. The summed E-state index contributed by atoms with van der Waals surface area (Å²) in [6.45, 7) is 5.73. The summed E-state index contributed by atoms with van der Waals surface area (Å²) in [5.74, 6) is 3.79. The van der Waals surface area contributed by atoms with Crippen LogP contribution in [0.25, 0.3) is 0 Å². The van der Waals surface area contributed by atoms with E-state index >= 15 is 0 Å². The first-order chi connectivity index (χ1) is 8.34. The Morgan fingerprint density at radius 1 is 1.29 bits per heavy atom. The van der Waals surface area contributed by atoms with Crippen LogP contribution in [0.15, 0.2) is 0 Å². The van der Waals surface area contributed by atoms with E-state index in [-0.39, 0.29) is 0 Å². The third-order valence-electron chi connectivity index (χ3n) is 4.19. The molecule has 4 nitrogen and oxygen atoms in total. The molecule has 0 amide bonds. The first kappa shape index (κ1) is 11.2. The van der Waals surface area contributed by atoms with Crippen molar-refractivity contribution in [2.24, 2.45) is 5.92 Å². The van der Waals surface area contributed by atoms with Gasteiger partial charge in [0.15, 0.2) is 0 Å². The van der Waals surface area contributed by atoms with Crippen molar-refractivity contribution in [3.8, 4) is 0 Å². The molecule has 1 N–H and O–H groups in total. The number of nitrogens with one attached hydrogen (secondary N) is 1. The van der Waals surface area contributed by atoms with E-state index in [0.717, 1.165) is 25.4 Å². The van der Waals surface area contributed by atoms with Crippen molar-refractivity contribution in [2.45, 2.75) is 51.5 Å². The molecule has 2 atom stereocenters. The number of rotatable bonds is 2. The van der Waals surface area contributed by atoms with E-state index in [1.807, 2.05) is 0 Å². The van der Waals surface area contributed by atoms with Crippen LogP contribution in [0.5, 0.6) is 0 Å². The second kappa shape index (κ2) is 4.77. The van der Waals surface area contributed by atoms with Crippen molar-refractivity contribution < 1.29 is 0 Å². The molecule has 3 rings (SSSR count). The van der Waals surface area contributed by atoms with Gasteiger partial charge in [0.25, 0.3) is 0 Å². The average Bonchev–Trinajstić information content (AvgIpc) is 2.76. The summed E-state index contributed by atoms with van der Waals surface area (Å²) in [5.41, 5.74) is 0. The van der Waals surface area contributed by atoms with Gasteiger partial charge in [0.1, 0.15) is 11.6 Å². The van der Waals surface area contributed by atoms with E-state index in [1.54, 1.807) is 0 Å². The molecule has 0 spiro atoms. The van der Waals surface area contributed by atoms with Crippen LogP contribution in [-0.4, -0.2) is 27.9 Å².